The predicted octanol–water partition coefficient (Wildman–Crippen LogP) is 2.46. The SMILES string of the molecule is CCNC(=NCc1ccsc1)N1CCN(C(C)C(=O)N2CCCC2)CC1.I. The maximum Gasteiger partial charge on any atom is 0.239 e. The Morgan fingerprint density at radius 2 is 1.89 bits per heavy atom. The van der Waals surface area contributed by atoms with Crippen molar-refractivity contribution in [1.29, 1.82) is 0 Å². The summed E-state index contributed by atoms with van der Waals surface area (Å²) in [7, 11) is 0. The number of carbonyl (C=O) groups excluding carboxylic acids is 1. The highest BCUT2D eigenvalue weighted by molar-refractivity contribution is 14.0. The molecule has 0 saturated carbocycles. The zero-order valence-electron chi connectivity index (χ0n) is 16.4. The molecule has 0 spiro atoms. The van der Waals surface area contributed by atoms with Crippen LogP contribution in [0.4, 0.5) is 0 Å². The number of halogens is 1. The van der Waals surface area contributed by atoms with Crippen LogP contribution in [0, 0.1) is 0 Å². The number of piperazine rings is 1. The van der Waals surface area contributed by atoms with E-state index in [9.17, 15) is 4.79 Å². The first-order valence-corrected chi connectivity index (χ1v) is 10.7. The van der Waals surface area contributed by atoms with Gasteiger partial charge in [0.15, 0.2) is 5.96 Å². The van der Waals surface area contributed by atoms with Crippen LogP contribution in [0.1, 0.15) is 32.3 Å². The van der Waals surface area contributed by atoms with Gasteiger partial charge in [-0.05, 0) is 49.1 Å². The summed E-state index contributed by atoms with van der Waals surface area (Å²) in [4.78, 5) is 24.1. The second-order valence-corrected chi connectivity index (χ2v) is 7.81. The monoisotopic (exact) mass is 505 g/mol. The van der Waals surface area contributed by atoms with Gasteiger partial charge in [-0.2, -0.15) is 11.3 Å². The third-order valence-corrected chi connectivity index (χ3v) is 6.00. The molecule has 1 atom stereocenters. The van der Waals surface area contributed by atoms with Gasteiger partial charge in [0, 0.05) is 45.8 Å². The van der Waals surface area contributed by atoms with Gasteiger partial charge in [0.25, 0.3) is 0 Å². The van der Waals surface area contributed by atoms with E-state index >= 15 is 0 Å². The number of carbonyl (C=O) groups is 1. The van der Waals surface area contributed by atoms with Gasteiger partial charge in [0.05, 0.1) is 12.6 Å². The first-order valence-electron chi connectivity index (χ1n) is 9.76. The van der Waals surface area contributed by atoms with Crippen LogP contribution in [0.15, 0.2) is 21.8 Å². The molecule has 1 unspecified atom stereocenters. The van der Waals surface area contributed by atoms with Crippen LogP contribution in [-0.2, 0) is 11.3 Å². The summed E-state index contributed by atoms with van der Waals surface area (Å²) < 4.78 is 0. The molecule has 0 radical (unpaired) electrons. The van der Waals surface area contributed by atoms with E-state index in [1.807, 2.05) is 4.90 Å². The Hall–Kier alpha value is -0.870. The van der Waals surface area contributed by atoms with E-state index in [1.54, 1.807) is 11.3 Å². The van der Waals surface area contributed by atoms with Crippen LogP contribution >= 0.6 is 35.3 Å². The number of aliphatic imine (C=N–C) groups is 1. The van der Waals surface area contributed by atoms with Gasteiger partial charge in [-0.1, -0.05) is 0 Å². The summed E-state index contributed by atoms with van der Waals surface area (Å²) in [5.74, 6) is 1.28. The summed E-state index contributed by atoms with van der Waals surface area (Å²) in [6.45, 7) is 11.3. The second-order valence-electron chi connectivity index (χ2n) is 7.03. The molecule has 1 amide bonds. The minimum Gasteiger partial charge on any atom is -0.357 e. The fourth-order valence-electron chi connectivity index (χ4n) is 3.65. The Bertz CT molecular complexity index is 595. The van der Waals surface area contributed by atoms with Crippen molar-refractivity contribution >= 4 is 47.2 Å². The van der Waals surface area contributed by atoms with Crippen LogP contribution in [0.2, 0.25) is 0 Å². The average molecular weight is 505 g/mol. The topological polar surface area (TPSA) is 51.2 Å². The molecule has 2 aliphatic rings. The van der Waals surface area contributed by atoms with Crippen molar-refractivity contribution < 1.29 is 4.79 Å². The number of hydrogen-bond donors (Lipinski definition) is 1. The fourth-order valence-corrected chi connectivity index (χ4v) is 4.31. The molecule has 2 saturated heterocycles. The second kappa shape index (κ2) is 11.2. The summed E-state index contributed by atoms with van der Waals surface area (Å²) in [5.41, 5.74) is 1.26. The quantitative estimate of drug-likeness (QED) is 0.380. The molecule has 1 aromatic heterocycles. The Morgan fingerprint density at radius 1 is 1.19 bits per heavy atom. The van der Waals surface area contributed by atoms with Gasteiger partial charge in [-0.25, -0.2) is 4.99 Å². The van der Waals surface area contributed by atoms with E-state index in [0.717, 1.165) is 71.2 Å². The molecule has 3 rings (SSSR count). The van der Waals surface area contributed by atoms with Crippen LogP contribution in [-0.4, -0.2) is 78.4 Å². The van der Waals surface area contributed by atoms with Gasteiger partial charge < -0.3 is 15.1 Å². The number of nitrogens with one attached hydrogen (secondary N) is 1. The smallest absolute Gasteiger partial charge is 0.239 e. The fraction of sp³-hybridized carbons (Fsp3) is 0.684. The lowest BCUT2D eigenvalue weighted by Crippen LogP contribution is -2.57. The third kappa shape index (κ3) is 6.05. The molecule has 27 heavy (non-hydrogen) atoms. The van der Waals surface area contributed by atoms with Crippen LogP contribution in [0.5, 0.6) is 0 Å². The number of rotatable bonds is 5. The maximum atomic E-state index is 12.6. The van der Waals surface area contributed by atoms with E-state index in [-0.39, 0.29) is 30.0 Å². The Balaban J connectivity index is 0.00000261. The van der Waals surface area contributed by atoms with Gasteiger partial charge in [0.2, 0.25) is 5.91 Å². The number of hydrogen-bond acceptors (Lipinski definition) is 4. The molecule has 3 heterocycles. The summed E-state index contributed by atoms with van der Waals surface area (Å²) >= 11 is 1.71. The van der Waals surface area contributed by atoms with Crippen molar-refractivity contribution in [2.75, 3.05) is 45.8 Å². The van der Waals surface area contributed by atoms with Crippen molar-refractivity contribution in [2.24, 2.45) is 4.99 Å². The highest BCUT2D eigenvalue weighted by Gasteiger charge is 2.30. The van der Waals surface area contributed by atoms with Gasteiger partial charge in [0.1, 0.15) is 0 Å². The Kier molecular flexibility index (Phi) is 9.31. The van der Waals surface area contributed by atoms with Gasteiger partial charge in [-0.3, -0.25) is 9.69 Å². The van der Waals surface area contributed by atoms with Crippen LogP contribution < -0.4 is 5.32 Å². The lowest BCUT2D eigenvalue weighted by Gasteiger charge is -2.39. The van der Waals surface area contributed by atoms with Crippen molar-refractivity contribution in [3.63, 3.8) is 0 Å². The highest BCUT2D eigenvalue weighted by Crippen LogP contribution is 2.14. The van der Waals surface area contributed by atoms with Crippen molar-refractivity contribution in [3.8, 4) is 0 Å². The molecule has 152 valence electrons. The summed E-state index contributed by atoms with van der Waals surface area (Å²) in [6, 6.07) is 2.11. The zero-order valence-corrected chi connectivity index (χ0v) is 19.5. The van der Waals surface area contributed by atoms with E-state index in [1.165, 1.54) is 5.56 Å². The van der Waals surface area contributed by atoms with E-state index in [2.05, 4.69) is 45.8 Å². The largest absolute Gasteiger partial charge is 0.357 e. The van der Waals surface area contributed by atoms with Crippen molar-refractivity contribution in [3.05, 3.63) is 22.4 Å². The van der Waals surface area contributed by atoms with Crippen LogP contribution in [0.25, 0.3) is 0 Å². The molecule has 1 N–H and O–H groups in total. The molecule has 2 fully saturated rings. The van der Waals surface area contributed by atoms with E-state index < -0.39 is 0 Å². The minimum absolute atomic E-state index is 0. The maximum absolute atomic E-state index is 12.6. The number of likely N-dealkylation sites (tertiary alicyclic amines) is 1. The van der Waals surface area contributed by atoms with Crippen molar-refractivity contribution in [2.45, 2.75) is 39.3 Å². The Morgan fingerprint density at radius 3 is 2.48 bits per heavy atom. The molecule has 0 aromatic carbocycles. The number of thiophene rings is 1. The van der Waals surface area contributed by atoms with Gasteiger partial charge >= 0.3 is 0 Å². The average Bonchev–Trinajstić information content (AvgIpc) is 3.38. The molecule has 8 heteroatoms. The Labute approximate surface area is 184 Å². The standard InChI is InChI=1S/C19H31N5OS.HI/c1-3-20-19(21-14-17-6-13-26-15-17)24-11-9-22(10-12-24)16(2)18(25)23-7-4-5-8-23;/h6,13,15-16H,3-5,7-12,14H2,1-2H3,(H,20,21);1H. The predicted molar refractivity (Wildman–Crippen MR) is 123 cm³/mol. The molecular formula is C19H32IN5OS. The number of amides is 1. The molecule has 2 aliphatic heterocycles. The zero-order chi connectivity index (χ0) is 18.4. The third-order valence-electron chi connectivity index (χ3n) is 5.26. The normalized spacial score (nSPS) is 19.7. The summed E-state index contributed by atoms with van der Waals surface area (Å²) in [6.07, 6.45) is 2.30. The number of guanidine groups is 1. The van der Waals surface area contributed by atoms with Gasteiger partial charge in [-0.15, -0.1) is 24.0 Å². The molecule has 1 aromatic rings. The van der Waals surface area contributed by atoms with E-state index in [4.69, 9.17) is 4.99 Å². The lowest BCUT2D eigenvalue weighted by molar-refractivity contribution is -0.135. The lowest BCUT2D eigenvalue weighted by atomic mass is 10.2. The first kappa shape index (κ1) is 22.4. The van der Waals surface area contributed by atoms with Crippen LogP contribution in [0.3, 0.4) is 0 Å². The first-order chi connectivity index (χ1) is 12.7. The highest BCUT2D eigenvalue weighted by atomic mass is 127. The molecular weight excluding hydrogens is 473 g/mol. The molecule has 0 aliphatic carbocycles. The number of nitrogens with zero attached hydrogens (tertiary/aromatic N) is 4. The minimum atomic E-state index is -0.0134. The van der Waals surface area contributed by atoms with Crippen molar-refractivity contribution in [1.82, 2.24) is 20.0 Å². The summed E-state index contributed by atoms with van der Waals surface area (Å²) in [5, 5.41) is 7.65. The molecule has 6 nitrogen and oxygen atoms in total. The van der Waals surface area contributed by atoms with E-state index in [0.29, 0.717) is 5.91 Å². The molecule has 0 bridgehead atoms.